The number of nitrogens with zero attached hydrogens (tertiary/aromatic N) is 2. The van der Waals surface area contributed by atoms with Crippen LogP contribution in [-0.2, 0) is 4.74 Å². The molecule has 0 aromatic heterocycles. The molecule has 0 bridgehead atoms. The number of anilines is 1. The maximum atomic E-state index is 11.2. The van der Waals surface area contributed by atoms with Gasteiger partial charge >= 0.3 is 0 Å². The van der Waals surface area contributed by atoms with Crippen molar-refractivity contribution in [3.8, 4) is 0 Å². The Morgan fingerprint density at radius 3 is 2.95 bits per heavy atom. The molecule has 0 spiro atoms. The zero-order chi connectivity index (χ0) is 15.4. The number of carbonyl (C=O) groups excluding carboxylic acids is 1. The number of nitrogens with one attached hydrogen (secondary N) is 1. The lowest BCUT2D eigenvalue weighted by molar-refractivity contribution is -0.384. The number of likely N-dealkylation sites (N-methyl/N-ethyl adjacent to an activating group) is 1. The van der Waals surface area contributed by atoms with Gasteiger partial charge in [-0.25, -0.2) is 0 Å². The summed E-state index contributed by atoms with van der Waals surface area (Å²) in [7, 11) is 1.75. The highest BCUT2D eigenvalue weighted by molar-refractivity contribution is 5.94. The molecule has 0 radical (unpaired) electrons. The average molecular weight is 294 g/mol. The van der Waals surface area contributed by atoms with Crippen molar-refractivity contribution in [3.05, 3.63) is 33.9 Å². The van der Waals surface area contributed by atoms with E-state index in [4.69, 9.17) is 10.5 Å². The number of morpholine rings is 1. The highest BCUT2D eigenvalue weighted by Gasteiger charge is 2.22. The molecule has 0 aliphatic carbocycles. The van der Waals surface area contributed by atoms with E-state index >= 15 is 0 Å². The lowest BCUT2D eigenvalue weighted by atomic mass is 10.1. The number of carbonyl (C=O) groups is 1. The minimum absolute atomic E-state index is 0.0285. The van der Waals surface area contributed by atoms with Gasteiger partial charge in [-0.05, 0) is 12.1 Å². The first-order chi connectivity index (χ1) is 9.99. The second kappa shape index (κ2) is 6.51. The molecule has 1 unspecified atom stereocenters. The second-order valence-electron chi connectivity index (χ2n) is 4.90. The normalized spacial score (nSPS) is 18.2. The van der Waals surface area contributed by atoms with E-state index < -0.39 is 10.8 Å². The zero-order valence-corrected chi connectivity index (χ0v) is 11.7. The molecule has 1 heterocycles. The summed E-state index contributed by atoms with van der Waals surface area (Å²) < 4.78 is 5.58. The molecule has 114 valence electrons. The molecule has 1 atom stereocenters. The van der Waals surface area contributed by atoms with Gasteiger partial charge in [-0.15, -0.1) is 0 Å². The number of primary amides is 1. The molecule has 2 rings (SSSR count). The van der Waals surface area contributed by atoms with Gasteiger partial charge in [0.15, 0.2) is 0 Å². The molecule has 1 aromatic rings. The zero-order valence-electron chi connectivity index (χ0n) is 11.7. The van der Waals surface area contributed by atoms with Crippen LogP contribution >= 0.6 is 0 Å². The summed E-state index contributed by atoms with van der Waals surface area (Å²) in [4.78, 5) is 23.5. The molecule has 1 saturated heterocycles. The molecule has 8 nitrogen and oxygen atoms in total. The third-order valence-corrected chi connectivity index (χ3v) is 3.35. The van der Waals surface area contributed by atoms with Crippen molar-refractivity contribution in [2.45, 2.75) is 6.10 Å². The first-order valence-corrected chi connectivity index (χ1v) is 6.60. The van der Waals surface area contributed by atoms with Crippen LogP contribution in [-0.4, -0.2) is 50.2 Å². The predicted octanol–water partition coefficient (Wildman–Crippen LogP) is 0.118. The largest absolute Gasteiger partial charge is 0.374 e. The Morgan fingerprint density at radius 2 is 2.38 bits per heavy atom. The van der Waals surface area contributed by atoms with Gasteiger partial charge in [-0.1, -0.05) is 0 Å². The summed E-state index contributed by atoms with van der Waals surface area (Å²) in [6, 6.07) is 4.23. The van der Waals surface area contributed by atoms with Gasteiger partial charge in [0.05, 0.1) is 17.6 Å². The third-order valence-electron chi connectivity index (χ3n) is 3.35. The molecule has 0 saturated carbocycles. The monoisotopic (exact) mass is 294 g/mol. The SMILES string of the molecule is CN(CC1CNCCO1)c1ccc(C(N)=O)cc1[N+](=O)[O-]. The lowest BCUT2D eigenvalue weighted by Gasteiger charge is -2.29. The van der Waals surface area contributed by atoms with Crippen LogP contribution in [0.5, 0.6) is 0 Å². The Bertz CT molecular complexity index is 543. The summed E-state index contributed by atoms with van der Waals surface area (Å²) in [5.74, 6) is -0.688. The fourth-order valence-corrected chi connectivity index (χ4v) is 2.29. The summed E-state index contributed by atoms with van der Waals surface area (Å²) in [5.41, 5.74) is 5.56. The van der Waals surface area contributed by atoms with E-state index in [1.54, 1.807) is 11.9 Å². The van der Waals surface area contributed by atoms with E-state index in [-0.39, 0.29) is 17.4 Å². The number of hydrogen-bond acceptors (Lipinski definition) is 6. The summed E-state index contributed by atoms with van der Waals surface area (Å²) in [5, 5.41) is 14.4. The Labute approximate surface area is 122 Å². The highest BCUT2D eigenvalue weighted by Crippen LogP contribution is 2.28. The molecule has 1 fully saturated rings. The van der Waals surface area contributed by atoms with Gasteiger partial charge in [-0.2, -0.15) is 0 Å². The second-order valence-corrected chi connectivity index (χ2v) is 4.90. The quantitative estimate of drug-likeness (QED) is 0.589. The summed E-state index contributed by atoms with van der Waals surface area (Å²) in [6.07, 6.45) is -0.0285. The van der Waals surface area contributed by atoms with Crippen LogP contribution in [0, 0.1) is 10.1 Å². The average Bonchev–Trinajstić information content (AvgIpc) is 2.47. The number of benzene rings is 1. The molecule has 8 heteroatoms. The van der Waals surface area contributed by atoms with Crippen molar-refractivity contribution in [1.29, 1.82) is 0 Å². The molecule has 1 amide bonds. The highest BCUT2D eigenvalue weighted by atomic mass is 16.6. The van der Waals surface area contributed by atoms with Crippen LogP contribution in [0.3, 0.4) is 0 Å². The predicted molar refractivity (Wildman–Crippen MR) is 77.5 cm³/mol. The van der Waals surface area contributed by atoms with Crippen LogP contribution in [0.2, 0.25) is 0 Å². The third kappa shape index (κ3) is 3.67. The minimum atomic E-state index is -0.688. The number of rotatable bonds is 5. The van der Waals surface area contributed by atoms with Gasteiger partial charge in [0.1, 0.15) is 5.69 Å². The van der Waals surface area contributed by atoms with Gasteiger partial charge in [0, 0.05) is 38.3 Å². The van der Waals surface area contributed by atoms with E-state index in [0.717, 1.165) is 6.54 Å². The fraction of sp³-hybridized carbons (Fsp3) is 0.462. The number of ether oxygens (including phenoxy) is 1. The van der Waals surface area contributed by atoms with E-state index in [1.165, 1.54) is 18.2 Å². The maximum Gasteiger partial charge on any atom is 0.293 e. The van der Waals surface area contributed by atoms with Crippen LogP contribution in [0.15, 0.2) is 18.2 Å². The Balaban J connectivity index is 2.20. The number of amides is 1. The number of nitro groups is 1. The van der Waals surface area contributed by atoms with Crippen molar-refractivity contribution in [3.63, 3.8) is 0 Å². The molecular weight excluding hydrogens is 276 g/mol. The Hall–Kier alpha value is -2.19. The minimum Gasteiger partial charge on any atom is -0.374 e. The lowest BCUT2D eigenvalue weighted by Crippen LogP contribution is -2.44. The van der Waals surface area contributed by atoms with Crippen LogP contribution in [0.1, 0.15) is 10.4 Å². The Morgan fingerprint density at radius 1 is 1.62 bits per heavy atom. The molecular formula is C13H18N4O4. The molecule has 1 aliphatic rings. The fourth-order valence-electron chi connectivity index (χ4n) is 2.29. The summed E-state index contributed by atoms with van der Waals surface area (Å²) in [6.45, 7) is 2.66. The first kappa shape index (κ1) is 15.2. The van der Waals surface area contributed by atoms with E-state index in [9.17, 15) is 14.9 Å². The van der Waals surface area contributed by atoms with Gasteiger partial charge in [0.25, 0.3) is 5.69 Å². The van der Waals surface area contributed by atoms with E-state index in [2.05, 4.69) is 5.32 Å². The van der Waals surface area contributed by atoms with E-state index in [0.29, 0.717) is 25.4 Å². The van der Waals surface area contributed by atoms with Crippen LogP contribution in [0.4, 0.5) is 11.4 Å². The van der Waals surface area contributed by atoms with Crippen LogP contribution < -0.4 is 16.0 Å². The maximum absolute atomic E-state index is 11.2. The number of nitrogens with two attached hydrogens (primary N) is 1. The molecule has 1 aliphatic heterocycles. The number of nitro benzene ring substituents is 1. The van der Waals surface area contributed by atoms with Crippen molar-refractivity contribution in [2.75, 3.05) is 38.2 Å². The van der Waals surface area contributed by atoms with Crippen molar-refractivity contribution in [2.24, 2.45) is 5.73 Å². The first-order valence-electron chi connectivity index (χ1n) is 6.60. The molecule has 1 aromatic carbocycles. The van der Waals surface area contributed by atoms with Gasteiger partial charge in [-0.3, -0.25) is 14.9 Å². The van der Waals surface area contributed by atoms with Crippen molar-refractivity contribution in [1.82, 2.24) is 5.32 Å². The van der Waals surface area contributed by atoms with Crippen LogP contribution in [0.25, 0.3) is 0 Å². The smallest absolute Gasteiger partial charge is 0.293 e. The van der Waals surface area contributed by atoms with Crippen molar-refractivity contribution >= 4 is 17.3 Å². The topological polar surface area (TPSA) is 111 Å². The molecule has 3 N–H and O–H groups in total. The summed E-state index contributed by atoms with van der Waals surface area (Å²) >= 11 is 0. The van der Waals surface area contributed by atoms with Crippen molar-refractivity contribution < 1.29 is 14.5 Å². The van der Waals surface area contributed by atoms with Gasteiger partial charge in [0.2, 0.25) is 5.91 Å². The van der Waals surface area contributed by atoms with Gasteiger partial charge < -0.3 is 20.7 Å². The number of hydrogen-bond donors (Lipinski definition) is 2. The molecule has 21 heavy (non-hydrogen) atoms. The standard InChI is InChI=1S/C13H18N4O4/c1-16(8-10-7-15-4-5-21-10)11-3-2-9(13(14)18)6-12(11)17(19)20/h2-3,6,10,15H,4-5,7-8H2,1H3,(H2,14,18). The van der Waals surface area contributed by atoms with E-state index in [1.807, 2.05) is 0 Å². The Kier molecular flexibility index (Phi) is 4.71.